The molecule has 1 amide bonds. The van der Waals surface area contributed by atoms with Crippen LogP contribution in [0.25, 0.3) is 0 Å². The number of benzene rings is 1. The molecule has 146 valence electrons. The first-order valence-corrected chi connectivity index (χ1v) is 9.17. The first-order chi connectivity index (χ1) is 12.9. The van der Waals surface area contributed by atoms with Crippen LogP contribution in [0.1, 0.15) is 44.4 Å². The van der Waals surface area contributed by atoms with Crippen molar-refractivity contribution >= 4 is 5.91 Å². The Bertz CT molecular complexity index is 755. The van der Waals surface area contributed by atoms with Gasteiger partial charge in [0.1, 0.15) is 11.6 Å². The maximum Gasteiger partial charge on any atom is 0.260 e. The van der Waals surface area contributed by atoms with Gasteiger partial charge in [0.05, 0.1) is 6.04 Å². The van der Waals surface area contributed by atoms with Gasteiger partial charge in [0.25, 0.3) is 5.91 Å². The molecule has 2 aromatic rings. The molecule has 0 aliphatic carbocycles. The maximum atomic E-state index is 12.9. The zero-order valence-corrected chi connectivity index (χ0v) is 15.9. The summed E-state index contributed by atoms with van der Waals surface area (Å²) in [6.07, 6.45) is 0. The zero-order chi connectivity index (χ0) is 19.4. The van der Waals surface area contributed by atoms with Crippen molar-refractivity contribution < 1.29 is 18.4 Å². The van der Waals surface area contributed by atoms with Crippen molar-refractivity contribution in [3.8, 4) is 5.75 Å². The van der Waals surface area contributed by atoms with Gasteiger partial charge in [0, 0.05) is 32.1 Å². The van der Waals surface area contributed by atoms with Crippen molar-refractivity contribution in [3.63, 3.8) is 0 Å². The molecule has 1 unspecified atom stereocenters. The second kappa shape index (κ2) is 8.47. The van der Waals surface area contributed by atoms with Gasteiger partial charge in [-0.2, -0.15) is 4.98 Å². The number of ether oxygens (including phenoxy) is 1. The molecule has 0 saturated carbocycles. The van der Waals surface area contributed by atoms with Gasteiger partial charge >= 0.3 is 0 Å². The van der Waals surface area contributed by atoms with Crippen LogP contribution in [0.4, 0.5) is 4.39 Å². The van der Waals surface area contributed by atoms with Crippen molar-refractivity contribution in [1.82, 2.24) is 19.9 Å². The van der Waals surface area contributed by atoms with E-state index in [2.05, 4.69) is 15.0 Å². The largest absolute Gasteiger partial charge is 0.484 e. The summed E-state index contributed by atoms with van der Waals surface area (Å²) in [5.41, 5.74) is 0. The van der Waals surface area contributed by atoms with Gasteiger partial charge in [-0.3, -0.25) is 9.69 Å². The predicted octanol–water partition coefficient (Wildman–Crippen LogP) is 2.62. The van der Waals surface area contributed by atoms with Gasteiger partial charge in [-0.25, -0.2) is 4.39 Å². The number of amides is 1. The molecule has 2 heterocycles. The van der Waals surface area contributed by atoms with Crippen LogP contribution in [-0.2, 0) is 4.79 Å². The number of halogens is 1. The molecule has 1 saturated heterocycles. The Balaban J connectivity index is 1.47. The highest BCUT2D eigenvalue weighted by molar-refractivity contribution is 5.77. The summed E-state index contributed by atoms with van der Waals surface area (Å²) in [5, 5.41) is 4.02. The van der Waals surface area contributed by atoms with Gasteiger partial charge in [-0.05, 0) is 31.2 Å². The Morgan fingerprint density at radius 1 is 1.19 bits per heavy atom. The highest BCUT2D eigenvalue weighted by Gasteiger charge is 2.28. The van der Waals surface area contributed by atoms with Crippen LogP contribution in [0, 0.1) is 5.82 Å². The van der Waals surface area contributed by atoms with E-state index in [9.17, 15) is 9.18 Å². The third kappa shape index (κ3) is 4.82. The summed E-state index contributed by atoms with van der Waals surface area (Å²) < 4.78 is 23.7. The fourth-order valence-electron chi connectivity index (χ4n) is 2.93. The van der Waals surface area contributed by atoms with Gasteiger partial charge in [0.2, 0.25) is 5.89 Å². The molecule has 3 rings (SSSR count). The molecule has 0 N–H and O–H groups in total. The molecule has 1 fully saturated rings. The quantitative estimate of drug-likeness (QED) is 0.772. The third-order valence-electron chi connectivity index (χ3n) is 4.72. The number of hydrogen-bond donors (Lipinski definition) is 0. The van der Waals surface area contributed by atoms with Crippen molar-refractivity contribution in [3.05, 3.63) is 41.8 Å². The molecule has 1 aliphatic heterocycles. The Morgan fingerprint density at radius 2 is 1.85 bits per heavy atom. The van der Waals surface area contributed by atoms with Gasteiger partial charge in [-0.1, -0.05) is 19.0 Å². The summed E-state index contributed by atoms with van der Waals surface area (Å²) in [4.78, 5) is 20.8. The number of aromatic nitrogens is 2. The zero-order valence-electron chi connectivity index (χ0n) is 15.9. The first kappa shape index (κ1) is 19.3. The second-order valence-electron chi connectivity index (χ2n) is 6.98. The number of piperazine rings is 1. The molecule has 27 heavy (non-hydrogen) atoms. The minimum atomic E-state index is -0.333. The second-order valence-corrected chi connectivity index (χ2v) is 6.98. The Hall–Kier alpha value is -2.48. The number of rotatable bonds is 6. The van der Waals surface area contributed by atoms with E-state index in [0.717, 1.165) is 13.1 Å². The van der Waals surface area contributed by atoms with Gasteiger partial charge < -0.3 is 14.2 Å². The molecule has 1 aromatic heterocycles. The number of nitrogens with zero attached hydrogens (tertiary/aromatic N) is 4. The standard InChI is InChI=1S/C19H25FN4O3/c1-13(2)18-21-19(27-22-18)14(3)23-8-10-24(11-9-23)17(25)12-26-16-6-4-15(20)5-7-16/h4-7,13-14H,8-12H2,1-3H3. The van der Waals surface area contributed by atoms with E-state index in [4.69, 9.17) is 9.26 Å². The lowest BCUT2D eigenvalue weighted by Gasteiger charge is -2.36. The minimum Gasteiger partial charge on any atom is -0.484 e. The van der Waals surface area contributed by atoms with Gasteiger partial charge in [-0.15, -0.1) is 0 Å². The Kier molecular flexibility index (Phi) is 6.05. The molecule has 1 aromatic carbocycles. The highest BCUT2D eigenvalue weighted by atomic mass is 19.1. The first-order valence-electron chi connectivity index (χ1n) is 9.17. The summed E-state index contributed by atoms with van der Waals surface area (Å²) >= 11 is 0. The van der Waals surface area contributed by atoms with Crippen LogP contribution in [-0.4, -0.2) is 58.6 Å². The summed E-state index contributed by atoms with van der Waals surface area (Å²) in [6, 6.07) is 5.65. The fourth-order valence-corrected chi connectivity index (χ4v) is 2.93. The predicted molar refractivity (Wildman–Crippen MR) is 96.9 cm³/mol. The molecule has 8 heteroatoms. The highest BCUT2D eigenvalue weighted by Crippen LogP contribution is 2.22. The van der Waals surface area contributed by atoms with E-state index >= 15 is 0 Å². The van der Waals surface area contributed by atoms with Gasteiger partial charge in [0.15, 0.2) is 12.4 Å². The smallest absolute Gasteiger partial charge is 0.260 e. The van der Waals surface area contributed by atoms with Crippen LogP contribution in [0.2, 0.25) is 0 Å². The van der Waals surface area contributed by atoms with E-state index in [1.54, 1.807) is 4.90 Å². The van der Waals surface area contributed by atoms with Crippen molar-refractivity contribution in [2.24, 2.45) is 0 Å². The normalized spacial score (nSPS) is 16.6. The average molecular weight is 376 g/mol. The topological polar surface area (TPSA) is 71.7 Å². The molecule has 7 nitrogen and oxygen atoms in total. The van der Waals surface area contributed by atoms with Crippen molar-refractivity contribution in [2.45, 2.75) is 32.7 Å². The Labute approximate surface area is 158 Å². The van der Waals surface area contributed by atoms with Crippen LogP contribution < -0.4 is 4.74 Å². The van der Waals surface area contributed by atoms with Crippen LogP contribution >= 0.6 is 0 Å². The van der Waals surface area contributed by atoms with Crippen LogP contribution in [0.15, 0.2) is 28.8 Å². The Morgan fingerprint density at radius 3 is 2.44 bits per heavy atom. The van der Waals surface area contributed by atoms with E-state index in [0.29, 0.717) is 30.6 Å². The summed E-state index contributed by atoms with van der Waals surface area (Å²) in [7, 11) is 0. The lowest BCUT2D eigenvalue weighted by molar-refractivity contribution is -0.135. The average Bonchev–Trinajstić information content (AvgIpc) is 3.17. The minimum absolute atomic E-state index is 0.0118. The molecule has 0 bridgehead atoms. The molecule has 1 atom stereocenters. The van der Waals surface area contributed by atoms with Crippen LogP contribution in [0.3, 0.4) is 0 Å². The lowest BCUT2D eigenvalue weighted by Crippen LogP contribution is -2.50. The van der Waals surface area contributed by atoms with Crippen LogP contribution in [0.5, 0.6) is 5.75 Å². The summed E-state index contributed by atoms with van der Waals surface area (Å²) in [5.74, 6) is 1.62. The third-order valence-corrected chi connectivity index (χ3v) is 4.72. The molecule has 0 radical (unpaired) electrons. The van der Waals surface area contributed by atoms with Crippen molar-refractivity contribution in [1.29, 1.82) is 0 Å². The fraction of sp³-hybridized carbons (Fsp3) is 0.526. The van der Waals surface area contributed by atoms with E-state index < -0.39 is 0 Å². The van der Waals surface area contributed by atoms with E-state index in [-0.39, 0.29) is 30.3 Å². The lowest BCUT2D eigenvalue weighted by atomic mass is 10.2. The molecule has 1 aliphatic rings. The van der Waals surface area contributed by atoms with E-state index in [1.165, 1.54) is 24.3 Å². The SMILES string of the molecule is CC(C)c1noc(C(C)N2CCN(C(=O)COc3ccc(F)cc3)CC2)n1. The number of hydrogen-bond acceptors (Lipinski definition) is 6. The monoisotopic (exact) mass is 376 g/mol. The molecule has 0 spiro atoms. The molecular weight excluding hydrogens is 351 g/mol. The number of carbonyl (C=O) groups excluding carboxylic acids is 1. The maximum absolute atomic E-state index is 12.9. The van der Waals surface area contributed by atoms with Crippen molar-refractivity contribution in [2.75, 3.05) is 32.8 Å². The number of carbonyl (C=O) groups is 1. The summed E-state index contributed by atoms with van der Waals surface area (Å²) in [6.45, 7) is 8.71. The van der Waals surface area contributed by atoms with E-state index in [1.807, 2.05) is 20.8 Å². The molecular formula is C19H25FN4O3.